The van der Waals surface area contributed by atoms with Crippen LogP contribution in [0.3, 0.4) is 0 Å². The highest BCUT2D eigenvalue weighted by Crippen LogP contribution is 2.40. The second kappa shape index (κ2) is 7.07. The van der Waals surface area contributed by atoms with Crippen LogP contribution in [0.4, 0.5) is 0 Å². The molecule has 7 nitrogen and oxygen atoms in total. The number of hydrogen-bond acceptors (Lipinski definition) is 6. The Labute approximate surface area is 152 Å². The minimum absolute atomic E-state index is 0.0944. The SMILES string of the molecule is Cc1cc(C(=O)N2CC[C@H]3OCCC[C@@]3(COc3ccccn3)C2)no1. The molecule has 26 heavy (non-hydrogen) atoms. The number of carbonyl (C=O) groups is 1. The van der Waals surface area contributed by atoms with Crippen LogP contribution in [-0.2, 0) is 4.74 Å². The molecular formula is C19H23N3O4. The highest BCUT2D eigenvalue weighted by Gasteiger charge is 2.48. The van der Waals surface area contributed by atoms with Crippen LogP contribution in [0.1, 0.15) is 35.5 Å². The molecule has 0 aromatic carbocycles. The van der Waals surface area contributed by atoms with E-state index in [1.165, 1.54) is 0 Å². The van der Waals surface area contributed by atoms with E-state index in [2.05, 4.69) is 10.1 Å². The number of hydrogen-bond donors (Lipinski definition) is 0. The molecule has 2 fully saturated rings. The molecule has 2 saturated heterocycles. The zero-order valence-corrected chi connectivity index (χ0v) is 14.9. The van der Waals surface area contributed by atoms with Gasteiger partial charge >= 0.3 is 0 Å². The Kier molecular flexibility index (Phi) is 4.63. The first-order valence-electron chi connectivity index (χ1n) is 9.04. The third-order valence-corrected chi connectivity index (χ3v) is 5.27. The number of ether oxygens (including phenoxy) is 2. The highest BCUT2D eigenvalue weighted by molar-refractivity contribution is 5.92. The zero-order chi connectivity index (χ0) is 18.0. The summed E-state index contributed by atoms with van der Waals surface area (Å²) in [7, 11) is 0. The second-order valence-electron chi connectivity index (χ2n) is 7.12. The van der Waals surface area contributed by atoms with Crippen LogP contribution in [0, 0.1) is 12.3 Å². The van der Waals surface area contributed by atoms with Crippen LogP contribution in [0.15, 0.2) is 35.0 Å². The third kappa shape index (κ3) is 3.31. The van der Waals surface area contributed by atoms with Gasteiger partial charge in [-0.25, -0.2) is 4.98 Å². The van der Waals surface area contributed by atoms with Gasteiger partial charge in [0.1, 0.15) is 5.76 Å². The molecule has 0 radical (unpaired) electrons. The Morgan fingerprint density at radius 3 is 3.15 bits per heavy atom. The average molecular weight is 357 g/mol. The van der Waals surface area contributed by atoms with Gasteiger partial charge in [0.2, 0.25) is 5.88 Å². The van der Waals surface area contributed by atoms with Crippen molar-refractivity contribution >= 4 is 5.91 Å². The van der Waals surface area contributed by atoms with Gasteiger partial charge in [0.15, 0.2) is 5.69 Å². The fourth-order valence-electron chi connectivity index (χ4n) is 3.95. The summed E-state index contributed by atoms with van der Waals surface area (Å²) < 4.78 is 17.1. The minimum Gasteiger partial charge on any atom is -0.477 e. The summed E-state index contributed by atoms with van der Waals surface area (Å²) in [6.07, 6.45) is 4.54. The number of pyridine rings is 1. The molecule has 4 heterocycles. The molecule has 0 bridgehead atoms. The number of piperidine rings is 1. The molecule has 2 aliphatic rings. The van der Waals surface area contributed by atoms with Crippen LogP contribution >= 0.6 is 0 Å². The van der Waals surface area contributed by atoms with E-state index in [0.29, 0.717) is 37.0 Å². The van der Waals surface area contributed by atoms with Crippen molar-refractivity contribution in [1.29, 1.82) is 0 Å². The van der Waals surface area contributed by atoms with Crippen molar-refractivity contribution in [2.45, 2.75) is 32.3 Å². The lowest BCUT2D eigenvalue weighted by Crippen LogP contribution is -2.58. The van der Waals surface area contributed by atoms with E-state index < -0.39 is 0 Å². The number of rotatable bonds is 4. The smallest absolute Gasteiger partial charge is 0.276 e. The monoisotopic (exact) mass is 357 g/mol. The number of aryl methyl sites for hydroxylation is 1. The van der Waals surface area contributed by atoms with E-state index in [4.69, 9.17) is 14.0 Å². The van der Waals surface area contributed by atoms with Gasteiger partial charge in [0, 0.05) is 43.4 Å². The van der Waals surface area contributed by atoms with E-state index in [1.807, 2.05) is 23.1 Å². The number of amides is 1. The normalized spacial score (nSPS) is 25.6. The lowest BCUT2D eigenvalue weighted by Gasteiger charge is -2.49. The standard InChI is InChI=1S/C19H23N3O4/c1-14-11-15(21-26-14)18(23)22-9-6-16-19(12-22,7-4-10-24-16)13-25-17-5-2-3-8-20-17/h2-3,5,8,11,16H,4,6-7,9-10,12-13H2,1H3/t16-,19+/m1/s1. The summed E-state index contributed by atoms with van der Waals surface area (Å²) in [6, 6.07) is 7.29. The number of nitrogens with zero attached hydrogens (tertiary/aromatic N) is 3. The topological polar surface area (TPSA) is 77.7 Å². The molecule has 0 aliphatic carbocycles. The molecule has 2 aliphatic heterocycles. The molecule has 2 atom stereocenters. The van der Waals surface area contributed by atoms with E-state index in [-0.39, 0.29) is 17.4 Å². The maximum absolute atomic E-state index is 12.8. The number of carbonyl (C=O) groups excluding carboxylic acids is 1. The number of likely N-dealkylation sites (tertiary alicyclic amines) is 1. The highest BCUT2D eigenvalue weighted by atomic mass is 16.5. The number of fused-ring (bicyclic) bond motifs is 1. The predicted octanol–water partition coefficient (Wildman–Crippen LogP) is 2.47. The van der Waals surface area contributed by atoms with Gasteiger partial charge < -0.3 is 18.9 Å². The first-order chi connectivity index (χ1) is 12.7. The fraction of sp³-hybridized carbons (Fsp3) is 0.526. The van der Waals surface area contributed by atoms with Crippen molar-refractivity contribution < 1.29 is 18.8 Å². The van der Waals surface area contributed by atoms with Gasteiger partial charge in [-0.3, -0.25) is 4.79 Å². The summed E-state index contributed by atoms with van der Waals surface area (Å²) in [5.74, 6) is 1.14. The summed E-state index contributed by atoms with van der Waals surface area (Å²) >= 11 is 0. The van der Waals surface area contributed by atoms with Crippen LogP contribution in [0.2, 0.25) is 0 Å². The summed E-state index contributed by atoms with van der Waals surface area (Å²) in [6.45, 7) is 4.28. The predicted molar refractivity (Wildman–Crippen MR) is 92.9 cm³/mol. The Morgan fingerprint density at radius 1 is 1.46 bits per heavy atom. The Hall–Kier alpha value is -2.41. The first-order valence-corrected chi connectivity index (χ1v) is 9.04. The molecule has 1 amide bonds. The van der Waals surface area contributed by atoms with Crippen molar-refractivity contribution in [1.82, 2.24) is 15.0 Å². The van der Waals surface area contributed by atoms with E-state index in [9.17, 15) is 4.79 Å². The molecule has 0 unspecified atom stereocenters. The van der Waals surface area contributed by atoms with Crippen molar-refractivity contribution in [2.75, 3.05) is 26.3 Å². The van der Waals surface area contributed by atoms with E-state index in [0.717, 1.165) is 25.9 Å². The summed E-state index contributed by atoms with van der Waals surface area (Å²) in [5, 5.41) is 3.87. The molecule has 4 rings (SSSR count). The van der Waals surface area contributed by atoms with Gasteiger partial charge in [0.05, 0.1) is 12.7 Å². The molecule has 2 aromatic heterocycles. The Balaban J connectivity index is 1.51. The third-order valence-electron chi connectivity index (χ3n) is 5.27. The lowest BCUT2D eigenvalue weighted by molar-refractivity contribution is -0.133. The van der Waals surface area contributed by atoms with E-state index >= 15 is 0 Å². The van der Waals surface area contributed by atoms with Crippen LogP contribution in [0.5, 0.6) is 5.88 Å². The number of aromatic nitrogens is 2. The van der Waals surface area contributed by atoms with E-state index in [1.54, 1.807) is 19.2 Å². The second-order valence-corrected chi connectivity index (χ2v) is 7.12. The van der Waals surface area contributed by atoms with Crippen LogP contribution in [-0.4, -0.2) is 53.4 Å². The Bertz CT molecular complexity index is 763. The maximum atomic E-state index is 12.8. The molecule has 0 saturated carbocycles. The van der Waals surface area contributed by atoms with Crippen molar-refractivity contribution in [3.63, 3.8) is 0 Å². The fourth-order valence-corrected chi connectivity index (χ4v) is 3.95. The van der Waals surface area contributed by atoms with Gasteiger partial charge in [-0.1, -0.05) is 11.2 Å². The minimum atomic E-state index is -0.220. The van der Waals surface area contributed by atoms with Crippen molar-refractivity contribution in [3.05, 3.63) is 41.9 Å². The van der Waals surface area contributed by atoms with Crippen molar-refractivity contribution in [3.8, 4) is 5.88 Å². The molecule has 2 aromatic rings. The average Bonchev–Trinajstić information content (AvgIpc) is 3.12. The lowest BCUT2D eigenvalue weighted by atomic mass is 9.73. The Morgan fingerprint density at radius 2 is 2.38 bits per heavy atom. The molecule has 138 valence electrons. The van der Waals surface area contributed by atoms with Gasteiger partial charge in [-0.05, 0) is 32.3 Å². The van der Waals surface area contributed by atoms with Gasteiger partial charge in [0.25, 0.3) is 5.91 Å². The molecule has 0 N–H and O–H groups in total. The maximum Gasteiger partial charge on any atom is 0.276 e. The quantitative estimate of drug-likeness (QED) is 0.836. The zero-order valence-electron chi connectivity index (χ0n) is 14.9. The van der Waals surface area contributed by atoms with Gasteiger partial charge in [-0.2, -0.15) is 0 Å². The van der Waals surface area contributed by atoms with Gasteiger partial charge in [-0.15, -0.1) is 0 Å². The first kappa shape index (κ1) is 17.0. The van der Waals surface area contributed by atoms with Crippen LogP contribution in [0.25, 0.3) is 0 Å². The molecular weight excluding hydrogens is 334 g/mol. The molecule has 0 spiro atoms. The van der Waals surface area contributed by atoms with Crippen molar-refractivity contribution in [2.24, 2.45) is 5.41 Å². The molecule has 7 heteroatoms. The summed E-state index contributed by atoms with van der Waals surface area (Å²) in [4.78, 5) is 18.9. The summed E-state index contributed by atoms with van der Waals surface area (Å²) in [5.41, 5.74) is 0.140. The largest absolute Gasteiger partial charge is 0.477 e. The van der Waals surface area contributed by atoms with Crippen LogP contribution < -0.4 is 4.74 Å².